The summed E-state index contributed by atoms with van der Waals surface area (Å²) >= 11 is 0. The van der Waals surface area contributed by atoms with Crippen molar-refractivity contribution in [2.45, 2.75) is 31.3 Å². The van der Waals surface area contributed by atoms with Crippen LogP contribution in [0.3, 0.4) is 0 Å². The van der Waals surface area contributed by atoms with Crippen LogP contribution in [0.1, 0.15) is 36.0 Å². The summed E-state index contributed by atoms with van der Waals surface area (Å²) in [6, 6.07) is 8.90. The molecule has 2 amide bonds. The second-order valence-electron chi connectivity index (χ2n) is 5.12. The molecule has 0 radical (unpaired) electrons. The highest BCUT2D eigenvalue weighted by Gasteiger charge is 2.38. The first-order valence-electron chi connectivity index (χ1n) is 6.96. The Hall–Kier alpha value is -1.88. The van der Waals surface area contributed by atoms with Gasteiger partial charge in [0.05, 0.1) is 0 Å². The molecular weight excluding hydrogens is 256 g/mol. The molecule has 5 nitrogen and oxygen atoms in total. The minimum Gasteiger partial charge on any atom is -0.380 e. The van der Waals surface area contributed by atoms with Crippen molar-refractivity contribution >= 4 is 11.8 Å². The molecular formula is C15H20N2O3. The predicted molar refractivity (Wildman–Crippen MR) is 75.2 cm³/mol. The molecule has 1 aromatic rings. The summed E-state index contributed by atoms with van der Waals surface area (Å²) in [5.74, 6) is -0.497. The molecule has 0 bridgehead atoms. The molecule has 0 atom stereocenters. The molecule has 3 N–H and O–H groups in total. The van der Waals surface area contributed by atoms with Crippen LogP contribution >= 0.6 is 0 Å². The fraction of sp³-hybridized carbons (Fsp3) is 0.467. The number of carbonyl (C=O) groups is 2. The Kier molecular flexibility index (Phi) is 4.74. The lowest BCUT2D eigenvalue weighted by atomic mass is 10.0. The van der Waals surface area contributed by atoms with Gasteiger partial charge in [-0.05, 0) is 37.8 Å². The average Bonchev–Trinajstić information content (AvgIpc) is 2.92. The molecule has 0 spiro atoms. The van der Waals surface area contributed by atoms with Gasteiger partial charge >= 0.3 is 0 Å². The van der Waals surface area contributed by atoms with Gasteiger partial charge in [-0.3, -0.25) is 9.59 Å². The summed E-state index contributed by atoms with van der Waals surface area (Å²) in [6.07, 6.45) is 2.81. The van der Waals surface area contributed by atoms with Gasteiger partial charge in [-0.2, -0.15) is 0 Å². The highest BCUT2D eigenvalue weighted by Crippen LogP contribution is 2.29. The maximum absolute atomic E-state index is 11.8. The molecule has 1 fully saturated rings. The molecule has 0 aliphatic heterocycles. The van der Waals surface area contributed by atoms with Gasteiger partial charge in [0.1, 0.15) is 5.60 Å². The fourth-order valence-electron chi connectivity index (χ4n) is 2.40. The largest absolute Gasteiger partial charge is 0.380 e. The third-order valence-corrected chi connectivity index (χ3v) is 3.59. The fourth-order valence-corrected chi connectivity index (χ4v) is 2.40. The molecule has 108 valence electrons. The summed E-state index contributed by atoms with van der Waals surface area (Å²) < 4.78 is 0. The average molecular weight is 276 g/mol. The Labute approximate surface area is 118 Å². The zero-order valence-corrected chi connectivity index (χ0v) is 11.4. The van der Waals surface area contributed by atoms with E-state index in [4.69, 9.17) is 0 Å². The van der Waals surface area contributed by atoms with Crippen LogP contribution < -0.4 is 10.6 Å². The Balaban J connectivity index is 1.69. The SMILES string of the molecule is O=C(NCCNC(=O)C1(O)CCCC1)c1ccccc1. The molecule has 0 unspecified atom stereocenters. The lowest BCUT2D eigenvalue weighted by Gasteiger charge is -2.20. The maximum atomic E-state index is 11.8. The molecule has 1 saturated carbocycles. The lowest BCUT2D eigenvalue weighted by Crippen LogP contribution is -2.46. The van der Waals surface area contributed by atoms with Gasteiger partial charge in [-0.1, -0.05) is 18.2 Å². The molecule has 1 aliphatic rings. The van der Waals surface area contributed by atoms with Crippen molar-refractivity contribution in [2.24, 2.45) is 0 Å². The smallest absolute Gasteiger partial charge is 0.252 e. The van der Waals surface area contributed by atoms with E-state index in [0.717, 1.165) is 12.8 Å². The van der Waals surface area contributed by atoms with Gasteiger partial charge in [0.2, 0.25) is 0 Å². The number of rotatable bonds is 5. The van der Waals surface area contributed by atoms with Gasteiger partial charge in [-0.25, -0.2) is 0 Å². The second kappa shape index (κ2) is 6.52. The van der Waals surface area contributed by atoms with E-state index in [0.29, 0.717) is 31.5 Å². The van der Waals surface area contributed by atoms with Crippen molar-refractivity contribution in [3.63, 3.8) is 0 Å². The maximum Gasteiger partial charge on any atom is 0.252 e. The third-order valence-electron chi connectivity index (χ3n) is 3.59. The third kappa shape index (κ3) is 3.57. The summed E-state index contributed by atoms with van der Waals surface area (Å²) in [6.45, 7) is 0.662. The first-order valence-corrected chi connectivity index (χ1v) is 6.96. The van der Waals surface area contributed by atoms with Crippen LogP contribution in [-0.4, -0.2) is 35.6 Å². The zero-order chi connectivity index (χ0) is 14.4. The van der Waals surface area contributed by atoms with Gasteiger partial charge in [0.25, 0.3) is 11.8 Å². The quantitative estimate of drug-likeness (QED) is 0.697. The van der Waals surface area contributed by atoms with Crippen LogP contribution in [0.2, 0.25) is 0 Å². The molecule has 0 aromatic heterocycles. The number of amides is 2. The Morgan fingerprint density at radius 2 is 1.65 bits per heavy atom. The van der Waals surface area contributed by atoms with Crippen LogP contribution in [0, 0.1) is 0 Å². The predicted octanol–water partition coefficient (Wildman–Crippen LogP) is 0.838. The van der Waals surface area contributed by atoms with E-state index in [1.807, 2.05) is 6.07 Å². The summed E-state index contributed by atoms with van der Waals surface area (Å²) in [4.78, 5) is 23.5. The van der Waals surface area contributed by atoms with E-state index in [-0.39, 0.29) is 11.8 Å². The Morgan fingerprint density at radius 1 is 1.05 bits per heavy atom. The van der Waals surface area contributed by atoms with Crippen molar-refractivity contribution in [1.29, 1.82) is 0 Å². The number of hydrogen-bond acceptors (Lipinski definition) is 3. The molecule has 0 heterocycles. The monoisotopic (exact) mass is 276 g/mol. The van der Waals surface area contributed by atoms with E-state index >= 15 is 0 Å². The molecule has 20 heavy (non-hydrogen) atoms. The lowest BCUT2D eigenvalue weighted by molar-refractivity contribution is -0.139. The normalized spacial score (nSPS) is 16.6. The van der Waals surface area contributed by atoms with Gasteiger partial charge < -0.3 is 15.7 Å². The standard InChI is InChI=1S/C15H20N2O3/c18-13(12-6-2-1-3-7-12)16-10-11-17-14(19)15(20)8-4-5-9-15/h1-3,6-7,20H,4-5,8-11H2,(H,16,18)(H,17,19). The van der Waals surface area contributed by atoms with Crippen molar-refractivity contribution < 1.29 is 14.7 Å². The summed E-state index contributed by atoms with van der Waals surface area (Å²) in [5.41, 5.74) is -0.614. The van der Waals surface area contributed by atoms with Crippen LogP contribution in [0.5, 0.6) is 0 Å². The minimum absolute atomic E-state index is 0.167. The van der Waals surface area contributed by atoms with E-state index < -0.39 is 5.60 Å². The number of nitrogens with one attached hydrogen (secondary N) is 2. The summed E-state index contributed by atoms with van der Waals surface area (Å²) in [5, 5.41) is 15.4. The first-order chi connectivity index (χ1) is 9.62. The molecule has 1 aromatic carbocycles. The van der Waals surface area contributed by atoms with E-state index in [2.05, 4.69) is 10.6 Å². The van der Waals surface area contributed by atoms with Crippen LogP contribution in [0.25, 0.3) is 0 Å². The first kappa shape index (κ1) is 14.5. The topological polar surface area (TPSA) is 78.4 Å². The number of hydrogen-bond donors (Lipinski definition) is 3. The molecule has 0 saturated heterocycles. The van der Waals surface area contributed by atoms with E-state index in [1.165, 1.54) is 0 Å². The van der Waals surface area contributed by atoms with Crippen molar-refractivity contribution in [1.82, 2.24) is 10.6 Å². The van der Waals surface area contributed by atoms with Gasteiger partial charge in [0.15, 0.2) is 0 Å². The number of aliphatic hydroxyl groups is 1. The molecule has 5 heteroatoms. The van der Waals surface area contributed by atoms with Crippen molar-refractivity contribution in [3.8, 4) is 0 Å². The number of carbonyl (C=O) groups excluding carboxylic acids is 2. The van der Waals surface area contributed by atoms with Crippen LogP contribution in [0.4, 0.5) is 0 Å². The van der Waals surface area contributed by atoms with Crippen LogP contribution in [-0.2, 0) is 4.79 Å². The molecule has 2 rings (SSSR count). The van der Waals surface area contributed by atoms with Gasteiger partial charge in [0, 0.05) is 18.7 Å². The Bertz CT molecular complexity index is 467. The van der Waals surface area contributed by atoms with Gasteiger partial charge in [-0.15, -0.1) is 0 Å². The number of benzene rings is 1. The second-order valence-corrected chi connectivity index (χ2v) is 5.12. The van der Waals surface area contributed by atoms with E-state index in [1.54, 1.807) is 24.3 Å². The highest BCUT2D eigenvalue weighted by molar-refractivity contribution is 5.94. The minimum atomic E-state index is -1.20. The molecule has 1 aliphatic carbocycles. The van der Waals surface area contributed by atoms with Crippen LogP contribution in [0.15, 0.2) is 30.3 Å². The van der Waals surface area contributed by atoms with Crippen molar-refractivity contribution in [3.05, 3.63) is 35.9 Å². The zero-order valence-electron chi connectivity index (χ0n) is 11.4. The highest BCUT2D eigenvalue weighted by atomic mass is 16.3. The summed E-state index contributed by atoms with van der Waals surface area (Å²) in [7, 11) is 0. The van der Waals surface area contributed by atoms with Crippen molar-refractivity contribution in [2.75, 3.05) is 13.1 Å². The Morgan fingerprint density at radius 3 is 2.30 bits per heavy atom. The van der Waals surface area contributed by atoms with E-state index in [9.17, 15) is 14.7 Å².